The van der Waals surface area contributed by atoms with E-state index in [-0.39, 0.29) is 0 Å². The summed E-state index contributed by atoms with van der Waals surface area (Å²) < 4.78 is 18.1. The summed E-state index contributed by atoms with van der Waals surface area (Å²) in [6, 6.07) is 3.38. The predicted octanol–water partition coefficient (Wildman–Crippen LogP) is 2.03. The summed E-state index contributed by atoms with van der Waals surface area (Å²) in [5.74, 6) is 0.987. The Morgan fingerprint density at radius 2 is 2.14 bits per heavy atom. The van der Waals surface area contributed by atoms with Crippen LogP contribution in [0.4, 0.5) is 10.3 Å². The van der Waals surface area contributed by atoms with Gasteiger partial charge in [-0.15, -0.1) is 0 Å². The number of carbonyl (C=O) groups is 1. The molecule has 0 atom stereocenters. The number of nitrogens with zero attached hydrogens (tertiary/aromatic N) is 1. The molecule has 1 aliphatic rings. The van der Waals surface area contributed by atoms with Crippen LogP contribution in [0.2, 0.25) is 0 Å². The van der Waals surface area contributed by atoms with E-state index < -0.39 is 6.17 Å². The Balaban J connectivity index is 2.04. The molecule has 4 heteroatoms. The second kappa shape index (κ2) is 3.82. The first-order valence-electron chi connectivity index (χ1n) is 4.73. The largest absolute Gasteiger partial charge is 0.438 e. The van der Waals surface area contributed by atoms with Gasteiger partial charge in [0.2, 0.25) is 0 Å². The average molecular weight is 197 g/mol. The second-order valence-corrected chi connectivity index (χ2v) is 3.46. The number of furan rings is 1. The molecule has 0 N–H and O–H groups in total. The first-order chi connectivity index (χ1) is 6.79. The Morgan fingerprint density at radius 1 is 1.43 bits per heavy atom. The van der Waals surface area contributed by atoms with E-state index in [4.69, 9.17) is 4.42 Å². The van der Waals surface area contributed by atoms with Crippen LogP contribution in [0.3, 0.4) is 0 Å². The molecule has 0 saturated carbocycles. The maximum absolute atomic E-state index is 12.8. The van der Waals surface area contributed by atoms with Gasteiger partial charge in [-0.25, -0.2) is 4.39 Å². The van der Waals surface area contributed by atoms with Crippen molar-refractivity contribution in [3.05, 3.63) is 17.9 Å². The third-order valence-corrected chi connectivity index (χ3v) is 2.46. The fourth-order valence-corrected chi connectivity index (χ4v) is 1.64. The summed E-state index contributed by atoms with van der Waals surface area (Å²) in [5, 5.41) is 0. The van der Waals surface area contributed by atoms with Crippen LogP contribution in [0, 0.1) is 0 Å². The van der Waals surface area contributed by atoms with Crippen LogP contribution in [0.1, 0.15) is 23.4 Å². The predicted molar refractivity (Wildman–Crippen MR) is 50.4 cm³/mol. The van der Waals surface area contributed by atoms with Crippen molar-refractivity contribution >= 4 is 12.2 Å². The average Bonchev–Trinajstić information content (AvgIpc) is 2.67. The Morgan fingerprint density at radius 3 is 2.71 bits per heavy atom. The van der Waals surface area contributed by atoms with E-state index in [0.717, 1.165) is 0 Å². The molecule has 76 valence electrons. The van der Waals surface area contributed by atoms with Crippen molar-refractivity contribution in [1.82, 2.24) is 0 Å². The van der Waals surface area contributed by atoms with E-state index in [1.54, 1.807) is 12.1 Å². The summed E-state index contributed by atoms with van der Waals surface area (Å²) in [6.07, 6.45) is 1.06. The molecule has 2 rings (SSSR count). The second-order valence-electron chi connectivity index (χ2n) is 3.46. The van der Waals surface area contributed by atoms with E-state index in [1.807, 2.05) is 4.90 Å². The minimum Gasteiger partial charge on any atom is -0.438 e. The standard InChI is InChI=1S/C10H12FNO2/c11-8-3-5-12(6-4-8)10-2-1-9(7-13)14-10/h1-2,7-8H,3-6H2. The summed E-state index contributed by atoms with van der Waals surface area (Å²) >= 11 is 0. The van der Waals surface area contributed by atoms with Gasteiger partial charge in [-0.2, -0.15) is 0 Å². The van der Waals surface area contributed by atoms with Crippen molar-refractivity contribution in [2.45, 2.75) is 19.0 Å². The zero-order valence-corrected chi connectivity index (χ0v) is 7.78. The van der Waals surface area contributed by atoms with Gasteiger partial charge in [0.15, 0.2) is 17.9 Å². The quantitative estimate of drug-likeness (QED) is 0.680. The molecule has 0 amide bonds. The molecule has 1 aromatic rings. The molecule has 14 heavy (non-hydrogen) atoms. The topological polar surface area (TPSA) is 33.5 Å². The number of rotatable bonds is 2. The Labute approximate surface area is 81.5 Å². The Hall–Kier alpha value is -1.32. The number of halogens is 1. The van der Waals surface area contributed by atoms with Crippen LogP contribution >= 0.6 is 0 Å². The van der Waals surface area contributed by atoms with Gasteiger partial charge in [0.05, 0.1) is 0 Å². The molecule has 0 aromatic carbocycles. The first-order valence-corrected chi connectivity index (χ1v) is 4.73. The van der Waals surface area contributed by atoms with Crippen molar-refractivity contribution in [3.8, 4) is 0 Å². The molecule has 0 unspecified atom stereocenters. The molecule has 2 heterocycles. The summed E-state index contributed by atoms with van der Waals surface area (Å²) in [5.41, 5.74) is 0. The molecule has 0 aliphatic carbocycles. The lowest BCUT2D eigenvalue weighted by molar-refractivity contribution is 0.110. The summed E-state index contributed by atoms with van der Waals surface area (Å²) in [7, 11) is 0. The molecular formula is C10H12FNO2. The highest BCUT2D eigenvalue weighted by Crippen LogP contribution is 2.22. The zero-order valence-electron chi connectivity index (χ0n) is 7.78. The molecule has 1 fully saturated rings. The number of piperidine rings is 1. The highest BCUT2D eigenvalue weighted by atomic mass is 19.1. The number of anilines is 1. The van der Waals surface area contributed by atoms with Crippen molar-refractivity contribution in [2.24, 2.45) is 0 Å². The minimum atomic E-state index is -0.688. The lowest BCUT2D eigenvalue weighted by Gasteiger charge is -2.28. The summed E-state index contributed by atoms with van der Waals surface area (Å²) in [4.78, 5) is 12.3. The number of hydrogen-bond donors (Lipinski definition) is 0. The van der Waals surface area contributed by atoms with Crippen LogP contribution in [0.25, 0.3) is 0 Å². The van der Waals surface area contributed by atoms with E-state index in [9.17, 15) is 9.18 Å². The van der Waals surface area contributed by atoms with E-state index >= 15 is 0 Å². The van der Waals surface area contributed by atoms with Gasteiger partial charge in [0.1, 0.15) is 6.17 Å². The molecule has 0 radical (unpaired) electrons. The van der Waals surface area contributed by atoms with E-state index in [2.05, 4.69) is 0 Å². The third-order valence-electron chi connectivity index (χ3n) is 2.46. The van der Waals surface area contributed by atoms with Gasteiger partial charge in [0, 0.05) is 19.2 Å². The molecule has 1 aliphatic heterocycles. The Bertz CT molecular complexity index is 316. The van der Waals surface area contributed by atoms with Crippen LogP contribution in [-0.2, 0) is 0 Å². The first kappa shape index (κ1) is 9.24. The number of aldehydes is 1. The lowest BCUT2D eigenvalue weighted by atomic mass is 10.1. The van der Waals surface area contributed by atoms with Crippen molar-refractivity contribution in [1.29, 1.82) is 0 Å². The lowest BCUT2D eigenvalue weighted by Crippen LogP contribution is -2.33. The monoisotopic (exact) mass is 197 g/mol. The third kappa shape index (κ3) is 1.78. The van der Waals surface area contributed by atoms with Gasteiger partial charge in [-0.05, 0) is 18.9 Å². The fraction of sp³-hybridized carbons (Fsp3) is 0.500. The minimum absolute atomic E-state index is 0.322. The molecular weight excluding hydrogens is 185 g/mol. The molecule has 3 nitrogen and oxygen atoms in total. The molecule has 0 bridgehead atoms. The maximum Gasteiger partial charge on any atom is 0.196 e. The smallest absolute Gasteiger partial charge is 0.196 e. The van der Waals surface area contributed by atoms with Crippen LogP contribution in [0.5, 0.6) is 0 Å². The van der Waals surface area contributed by atoms with E-state index in [1.165, 1.54) is 0 Å². The van der Waals surface area contributed by atoms with Crippen LogP contribution in [0.15, 0.2) is 16.5 Å². The van der Waals surface area contributed by atoms with Crippen molar-refractivity contribution < 1.29 is 13.6 Å². The van der Waals surface area contributed by atoms with Crippen molar-refractivity contribution in [3.63, 3.8) is 0 Å². The normalized spacial score (nSPS) is 18.5. The number of hydrogen-bond acceptors (Lipinski definition) is 3. The zero-order chi connectivity index (χ0) is 9.97. The van der Waals surface area contributed by atoms with Gasteiger partial charge in [0.25, 0.3) is 0 Å². The van der Waals surface area contributed by atoms with Crippen LogP contribution < -0.4 is 4.90 Å². The summed E-state index contributed by atoms with van der Waals surface area (Å²) in [6.45, 7) is 1.32. The Kier molecular flexibility index (Phi) is 2.52. The van der Waals surface area contributed by atoms with Gasteiger partial charge in [-0.3, -0.25) is 4.79 Å². The molecule has 1 saturated heterocycles. The van der Waals surface area contributed by atoms with Gasteiger partial charge in [-0.1, -0.05) is 0 Å². The molecule has 1 aromatic heterocycles. The van der Waals surface area contributed by atoms with E-state index in [0.29, 0.717) is 43.9 Å². The SMILES string of the molecule is O=Cc1ccc(N2CCC(F)CC2)o1. The fourth-order valence-electron chi connectivity index (χ4n) is 1.64. The van der Waals surface area contributed by atoms with Crippen molar-refractivity contribution in [2.75, 3.05) is 18.0 Å². The highest BCUT2D eigenvalue weighted by Gasteiger charge is 2.20. The van der Waals surface area contributed by atoms with Crippen LogP contribution in [-0.4, -0.2) is 25.5 Å². The number of carbonyl (C=O) groups excluding carboxylic acids is 1. The maximum atomic E-state index is 12.8. The highest BCUT2D eigenvalue weighted by molar-refractivity contribution is 5.71. The van der Waals surface area contributed by atoms with Gasteiger partial charge >= 0.3 is 0 Å². The molecule has 0 spiro atoms. The van der Waals surface area contributed by atoms with Gasteiger partial charge < -0.3 is 9.32 Å². The number of alkyl halides is 1.